The molecule has 140 valence electrons. The zero-order valence-electron chi connectivity index (χ0n) is 14.3. The molecule has 2 aromatic carbocycles. The lowest BCUT2D eigenvalue weighted by atomic mass is 10.1. The number of nitrogens with zero attached hydrogens (tertiary/aromatic N) is 1. The normalized spacial score (nSPS) is 11.0. The molecule has 0 saturated heterocycles. The highest BCUT2D eigenvalue weighted by Crippen LogP contribution is 2.38. The molecule has 0 spiro atoms. The molecule has 0 aromatic heterocycles. The number of rotatable bonds is 7. The van der Waals surface area contributed by atoms with Gasteiger partial charge < -0.3 is 15.2 Å². The third-order valence-corrected chi connectivity index (χ3v) is 4.81. The molecule has 0 aliphatic carbocycles. The average Bonchev–Trinajstić information content (AvgIpc) is 2.60. The Balaban J connectivity index is 2.36. The van der Waals surface area contributed by atoms with Gasteiger partial charge in [0.1, 0.15) is 17.7 Å². The quantitative estimate of drug-likeness (QED) is 0.299. The Morgan fingerprint density at radius 1 is 1.30 bits per heavy atom. The minimum absolute atomic E-state index is 0.0317. The van der Waals surface area contributed by atoms with Crippen molar-refractivity contribution in [2.75, 3.05) is 6.61 Å². The van der Waals surface area contributed by atoms with Crippen LogP contribution in [-0.4, -0.2) is 11.6 Å². The van der Waals surface area contributed by atoms with Gasteiger partial charge in [-0.15, -0.1) is 0 Å². The molecule has 0 aliphatic heterocycles. The minimum Gasteiger partial charge on any atom is -0.490 e. The number of hydrogen-bond donors (Lipinski definition) is 1. The molecule has 2 rings (SSSR count). The van der Waals surface area contributed by atoms with Crippen molar-refractivity contribution in [3.05, 3.63) is 61.5 Å². The van der Waals surface area contributed by atoms with Gasteiger partial charge in [-0.1, -0.05) is 41.5 Å². The van der Waals surface area contributed by atoms with E-state index in [-0.39, 0.29) is 17.2 Å². The Labute approximate surface area is 181 Å². The molecular weight excluding hydrogens is 471 g/mol. The number of halogens is 3. The van der Waals surface area contributed by atoms with Crippen molar-refractivity contribution >= 4 is 62.4 Å². The zero-order chi connectivity index (χ0) is 20.0. The van der Waals surface area contributed by atoms with Gasteiger partial charge in [0.2, 0.25) is 0 Å². The van der Waals surface area contributed by atoms with Gasteiger partial charge >= 0.3 is 0 Å². The summed E-state index contributed by atoms with van der Waals surface area (Å²) in [6.45, 7) is 2.55. The Morgan fingerprint density at radius 2 is 2.04 bits per heavy atom. The first-order chi connectivity index (χ1) is 12.8. The van der Waals surface area contributed by atoms with Crippen molar-refractivity contribution in [2.24, 2.45) is 5.73 Å². The summed E-state index contributed by atoms with van der Waals surface area (Å²) < 4.78 is 12.3. The van der Waals surface area contributed by atoms with Crippen LogP contribution in [0.3, 0.4) is 0 Å². The molecule has 27 heavy (non-hydrogen) atoms. The highest BCUT2D eigenvalue weighted by Gasteiger charge is 2.14. The van der Waals surface area contributed by atoms with E-state index in [1.807, 2.05) is 13.0 Å². The molecule has 0 heterocycles. The van der Waals surface area contributed by atoms with Crippen LogP contribution in [0, 0.1) is 11.3 Å². The number of benzene rings is 2. The van der Waals surface area contributed by atoms with Crippen molar-refractivity contribution in [3.63, 3.8) is 0 Å². The van der Waals surface area contributed by atoms with Gasteiger partial charge in [-0.05, 0) is 58.8 Å². The van der Waals surface area contributed by atoms with E-state index in [0.717, 1.165) is 5.56 Å². The van der Waals surface area contributed by atoms with E-state index < -0.39 is 0 Å². The van der Waals surface area contributed by atoms with Gasteiger partial charge in [0, 0.05) is 15.6 Å². The highest BCUT2D eigenvalue weighted by atomic mass is 79.9. The lowest BCUT2D eigenvalue weighted by Gasteiger charge is -2.15. The van der Waals surface area contributed by atoms with Crippen molar-refractivity contribution in [3.8, 4) is 17.6 Å². The van der Waals surface area contributed by atoms with Crippen molar-refractivity contribution in [2.45, 2.75) is 13.5 Å². The second-order valence-electron chi connectivity index (χ2n) is 5.32. The summed E-state index contributed by atoms with van der Waals surface area (Å²) in [5.74, 6) is 1.04. The first-order valence-electron chi connectivity index (χ1n) is 7.80. The molecule has 0 bridgehead atoms. The molecular formula is C19H15BrCl2N2O2S. The number of nitriles is 1. The summed E-state index contributed by atoms with van der Waals surface area (Å²) in [6.07, 6.45) is 1.59. The van der Waals surface area contributed by atoms with Crippen LogP contribution in [0.2, 0.25) is 10.0 Å². The van der Waals surface area contributed by atoms with Gasteiger partial charge in [-0.25, -0.2) is 0 Å². The average molecular weight is 486 g/mol. The van der Waals surface area contributed by atoms with Crippen LogP contribution < -0.4 is 15.2 Å². The van der Waals surface area contributed by atoms with Gasteiger partial charge in [-0.2, -0.15) is 5.26 Å². The van der Waals surface area contributed by atoms with E-state index in [9.17, 15) is 0 Å². The Bertz CT molecular complexity index is 942. The van der Waals surface area contributed by atoms with E-state index in [4.69, 9.17) is 55.9 Å². The number of nitrogens with two attached hydrogens (primary N) is 1. The van der Waals surface area contributed by atoms with Crippen LogP contribution in [-0.2, 0) is 6.61 Å². The largest absolute Gasteiger partial charge is 0.490 e. The maximum atomic E-state index is 9.13. The first kappa shape index (κ1) is 21.5. The predicted molar refractivity (Wildman–Crippen MR) is 116 cm³/mol. The Kier molecular flexibility index (Phi) is 7.93. The van der Waals surface area contributed by atoms with Crippen LogP contribution in [0.1, 0.15) is 18.1 Å². The van der Waals surface area contributed by atoms with Gasteiger partial charge in [0.15, 0.2) is 11.5 Å². The molecule has 0 unspecified atom stereocenters. The number of thiocarbonyl (C=S) groups is 1. The molecule has 0 atom stereocenters. The topological polar surface area (TPSA) is 68.3 Å². The minimum atomic E-state index is 0.0317. The predicted octanol–water partition coefficient (Wildman–Crippen LogP) is 5.93. The van der Waals surface area contributed by atoms with E-state index in [1.165, 1.54) is 0 Å². The van der Waals surface area contributed by atoms with Crippen LogP contribution in [0.5, 0.6) is 11.5 Å². The molecule has 8 heteroatoms. The summed E-state index contributed by atoms with van der Waals surface area (Å²) in [4.78, 5) is 0.0317. The Hall–Kier alpha value is -1.78. The standard InChI is InChI=1S/C19H15BrCl2N2O2S/c1-2-25-17-7-11(5-13(9-23)19(24)27)6-15(20)18(17)26-10-12-3-4-14(21)8-16(12)22/h3-8H,2,10H2,1H3,(H2,24,27)/b13-5-. The fraction of sp³-hybridized carbons (Fsp3) is 0.158. The van der Waals surface area contributed by atoms with E-state index >= 15 is 0 Å². The second kappa shape index (κ2) is 9.95. The van der Waals surface area contributed by atoms with E-state index in [1.54, 1.807) is 36.4 Å². The molecule has 0 aliphatic rings. The van der Waals surface area contributed by atoms with Crippen LogP contribution in [0.25, 0.3) is 6.08 Å². The van der Waals surface area contributed by atoms with E-state index in [0.29, 0.717) is 38.2 Å². The number of ether oxygens (including phenoxy) is 2. The van der Waals surface area contributed by atoms with Gasteiger partial charge in [0.05, 0.1) is 16.7 Å². The third-order valence-electron chi connectivity index (χ3n) is 3.42. The molecule has 2 aromatic rings. The summed E-state index contributed by atoms with van der Waals surface area (Å²) >= 11 is 20.5. The second-order valence-corrected chi connectivity index (χ2v) is 7.46. The third kappa shape index (κ3) is 5.85. The van der Waals surface area contributed by atoms with Gasteiger partial charge in [-0.3, -0.25) is 0 Å². The first-order valence-corrected chi connectivity index (χ1v) is 9.76. The SMILES string of the molecule is CCOc1cc(/C=C(/C#N)C(N)=S)cc(Br)c1OCc1ccc(Cl)cc1Cl. The fourth-order valence-electron chi connectivity index (χ4n) is 2.19. The maximum Gasteiger partial charge on any atom is 0.175 e. The fourth-order valence-corrected chi connectivity index (χ4v) is 3.33. The molecule has 0 radical (unpaired) electrons. The lowest BCUT2D eigenvalue weighted by molar-refractivity contribution is 0.267. The molecule has 0 fully saturated rings. The summed E-state index contributed by atoms with van der Waals surface area (Å²) in [6, 6.07) is 10.7. The molecule has 2 N–H and O–H groups in total. The van der Waals surface area contributed by atoms with Crippen molar-refractivity contribution < 1.29 is 9.47 Å². The number of hydrogen-bond acceptors (Lipinski definition) is 4. The highest BCUT2D eigenvalue weighted by molar-refractivity contribution is 9.10. The molecule has 0 saturated carbocycles. The van der Waals surface area contributed by atoms with Crippen LogP contribution in [0.4, 0.5) is 0 Å². The lowest BCUT2D eigenvalue weighted by Crippen LogP contribution is -2.09. The maximum absolute atomic E-state index is 9.13. The van der Waals surface area contributed by atoms with Gasteiger partial charge in [0.25, 0.3) is 0 Å². The summed E-state index contributed by atoms with van der Waals surface area (Å²) in [5.41, 5.74) is 7.25. The Morgan fingerprint density at radius 3 is 2.63 bits per heavy atom. The molecule has 4 nitrogen and oxygen atoms in total. The van der Waals surface area contributed by atoms with Crippen LogP contribution in [0.15, 0.2) is 40.4 Å². The van der Waals surface area contributed by atoms with E-state index in [2.05, 4.69) is 15.9 Å². The van der Waals surface area contributed by atoms with Crippen LogP contribution >= 0.6 is 51.3 Å². The van der Waals surface area contributed by atoms with Crippen molar-refractivity contribution in [1.29, 1.82) is 5.26 Å². The molecule has 0 amide bonds. The summed E-state index contributed by atoms with van der Waals surface area (Å²) in [7, 11) is 0. The smallest absolute Gasteiger partial charge is 0.175 e. The van der Waals surface area contributed by atoms with Crippen molar-refractivity contribution in [1.82, 2.24) is 0 Å². The summed E-state index contributed by atoms with van der Waals surface area (Å²) in [5, 5.41) is 10.2. The zero-order valence-corrected chi connectivity index (χ0v) is 18.2. The monoisotopic (exact) mass is 484 g/mol.